The average molecular weight is 220 g/mol. The van der Waals surface area contributed by atoms with Crippen molar-refractivity contribution < 1.29 is 4.74 Å². The predicted molar refractivity (Wildman–Crippen MR) is 65.7 cm³/mol. The Labute approximate surface area is 97.4 Å². The third-order valence-corrected chi connectivity index (χ3v) is 2.67. The maximum Gasteiger partial charge on any atom is 0.128 e. The van der Waals surface area contributed by atoms with E-state index in [0.29, 0.717) is 0 Å². The number of ether oxygens (including phenoxy) is 1. The van der Waals surface area contributed by atoms with Gasteiger partial charge in [0.1, 0.15) is 5.82 Å². The second kappa shape index (κ2) is 3.74. The summed E-state index contributed by atoms with van der Waals surface area (Å²) in [4.78, 5) is 6.70. The highest BCUT2D eigenvalue weighted by Crippen LogP contribution is 2.30. The molecule has 1 aliphatic rings. The van der Waals surface area contributed by atoms with Crippen molar-refractivity contribution in [2.45, 2.75) is 38.9 Å². The molecular weight excluding hydrogens is 200 g/mol. The smallest absolute Gasteiger partial charge is 0.128 e. The summed E-state index contributed by atoms with van der Waals surface area (Å²) in [6, 6.07) is 6.02. The number of anilines is 1. The van der Waals surface area contributed by atoms with Gasteiger partial charge in [0.25, 0.3) is 0 Å². The molecule has 0 bridgehead atoms. The molecule has 3 heteroatoms. The average Bonchev–Trinajstić information content (AvgIpc) is 2.14. The molecule has 16 heavy (non-hydrogen) atoms. The van der Waals surface area contributed by atoms with Gasteiger partial charge in [-0.15, -0.1) is 0 Å². The van der Waals surface area contributed by atoms with Crippen LogP contribution in [0.3, 0.4) is 0 Å². The first-order valence-electron chi connectivity index (χ1n) is 5.74. The van der Waals surface area contributed by atoms with E-state index in [1.165, 1.54) is 0 Å². The van der Waals surface area contributed by atoms with Crippen LogP contribution in [0, 0.1) is 0 Å². The molecule has 1 fully saturated rings. The van der Waals surface area contributed by atoms with E-state index in [9.17, 15) is 0 Å². The fourth-order valence-electron chi connectivity index (χ4n) is 2.49. The van der Waals surface area contributed by atoms with E-state index in [0.717, 1.165) is 18.9 Å². The zero-order valence-corrected chi connectivity index (χ0v) is 10.5. The van der Waals surface area contributed by atoms with E-state index in [1.807, 2.05) is 18.3 Å². The van der Waals surface area contributed by atoms with Crippen molar-refractivity contribution in [3.8, 4) is 0 Å². The lowest BCUT2D eigenvalue weighted by Gasteiger charge is -2.47. The highest BCUT2D eigenvalue weighted by atomic mass is 16.5. The first-order valence-corrected chi connectivity index (χ1v) is 5.74. The number of nitrogens with zero attached hydrogens (tertiary/aromatic N) is 2. The van der Waals surface area contributed by atoms with Crippen molar-refractivity contribution in [2.75, 3.05) is 18.0 Å². The Hall–Kier alpha value is -1.09. The van der Waals surface area contributed by atoms with E-state index in [1.54, 1.807) is 0 Å². The molecule has 3 nitrogen and oxygen atoms in total. The summed E-state index contributed by atoms with van der Waals surface area (Å²) in [7, 11) is 0. The number of morpholine rings is 1. The summed E-state index contributed by atoms with van der Waals surface area (Å²) >= 11 is 0. The molecule has 2 rings (SSSR count). The normalized spacial score (nSPS) is 23.1. The molecule has 0 radical (unpaired) electrons. The van der Waals surface area contributed by atoms with Gasteiger partial charge in [-0.1, -0.05) is 6.07 Å². The summed E-state index contributed by atoms with van der Waals surface area (Å²) in [5.41, 5.74) is -0.251. The summed E-state index contributed by atoms with van der Waals surface area (Å²) < 4.78 is 6.04. The quantitative estimate of drug-likeness (QED) is 0.727. The maximum absolute atomic E-state index is 6.04. The largest absolute Gasteiger partial charge is 0.366 e. The Balaban J connectivity index is 2.23. The van der Waals surface area contributed by atoms with Crippen LogP contribution in [0.25, 0.3) is 0 Å². The van der Waals surface area contributed by atoms with Crippen LogP contribution in [0.15, 0.2) is 24.4 Å². The lowest BCUT2D eigenvalue weighted by molar-refractivity contribution is -0.133. The highest BCUT2D eigenvalue weighted by Gasteiger charge is 2.38. The molecule has 2 heterocycles. The Bertz CT molecular complexity index is 343. The van der Waals surface area contributed by atoms with E-state index >= 15 is 0 Å². The molecule has 0 amide bonds. The Kier molecular flexibility index (Phi) is 2.66. The predicted octanol–water partition coefficient (Wildman–Crippen LogP) is 2.48. The van der Waals surface area contributed by atoms with Gasteiger partial charge in [-0.3, -0.25) is 0 Å². The fourth-order valence-corrected chi connectivity index (χ4v) is 2.49. The number of pyridine rings is 1. The highest BCUT2D eigenvalue weighted by molar-refractivity contribution is 5.39. The monoisotopic (exact) mass is 220 g/mol. The summed E-state index contributed by atoms with van der Waals surface area (Å²) in [5, 5.41) is 0. The number of aromatic nitrogens is 1. The second-order valence-corrected chi connectivity index (χ2v) is 5.67. The summed E-state index contributed by atoms with van der Waals surface area (Å²) in [5.74, 6) is 1.03. The number of rotatable bonds is 1. The molecule has 1 aromatic rings. The minimum Gasteiger partial charge on any atom is -0.366 e. The van der Waals surface area contributed by atoms with Crippen molar-refractivity contribution in [1.29, 1.82) is 0 Å². The van der Waals surface area contributed by atoms with Gasteiger partial charge < -0.3 is 9.64 Å². The van der Waals surface area contributed by atoms with E-state index in [4.69, 9.17) is 4.74 Å². The van der Waals surface area contributed by atoms with Crippen LogP contribution < -0.4 is 4.90 Å². The third kappa shape index (κ3) is 2.53. The first kappa shape index (κ1) is 11.4. The molecule has 0 aromatic carbocycles. The molecule has 0 N–H and O–H groups in total. The van der Waals surface area contributed by atoms with Crippen LogP contribution >= 0.6 is 0 Å². The number of hydrogen-bond donors (Lipinski definition) is 0. The fraction of sp³-hybridized carbons (Fsp3) is 0.615. The van der Waals surface area contributed by atoms with Gasteiger partial charge in [0.15, 0.2) is 0 Å². The molecule has 1 saturated heterocycles. The van der Waals surface area contributed by atoms with E-state index in [2.05, 4.69) is 43.6 Å². The zero-order chi connectivity index (χ0) is 11.8. The van der Waals surface area contributed by atoms with Crippen molar-refractivity contribution >= 4 is 5.82 Å². The molecule has 1 aromatic heterocycles. The number of hydrogen-bond acceptors (Lipinski definition) is 3. The lowest BCUT2D eigenvalue weighted by atomic mass is 9.99. The standard InChI is InChI=1S/C13H20N2O/c1-12(2)9-15(10-13(3,4)16-12)11-7-5-6-8-14-11/h5-8H,9-10H2,1-4H3. The molecule has 0 unspecified atom stereocenters. The second-order valence-electron chi connectivity index (χ2n) is 5.67. The topological polar surface area (TPSA) is 25.4 Å². The molecule has 0 spiro atoms. The summed E-state index contributed by atoms with van der Waals surface area (Å²) in [6.07, 6.45) is 1.84. The maximum atomic E-state index is 6.04. The van der Waals surface area contributed by atoms with Gasteiger partial charge in [0.05, 0.1) is 11.2 Å². The van der Waals surface area contributed by atoms with Crippen molar-refractivity contribution in [2.24, 2.45) is 0 Å². The first-order chi connectivity index (χ1) is 7.38. The Morgan fingerprint density at radius 2 is 1.75 bits per heavy atom. The minimum atomic E-state index is -0.126. The van der Waals surface area contributed by atoms with Crippen LogP contribution in [-0.2, 0) is 4.74 Å². The van der Waals surface area contributed by atoms with Crippen LogP contribution in [0.4, 0.5) is 5.82 Å². The lowest BCUT2D eigenvalue weighted by Crippen LogP contribution is -2.57. The van der Waals surface area contributed by atoms with Crippen molar-refractivity contribution in [3.63, 3.8) is 0 Å². The van der Waals surface area contributed by atoms with E-state index in [-0.39, 0.29) is 11.2 Å². The van der Waals surface area contributed by atoms with Crippen LogP contribution in [-0.4, -0.2) is 29.3 Å². The minimum absolute atomic E-state index is 0.126. The molecule has 1 aliphatic heterocycles. The van der Waals surface area contributed by atoms with E-state index < -0.39 is 0 Å². The molecule has 88 valence electrons. The van der Waals surface area contributed by atoms with Gasteiger partial charge in [-0.05, 0) is 39.8 Å². The molecule has 0 aliphatic carbocycles. The van der Waals surface area contributed by atoms with Gasteiger partial charge in [0.2, 0.25) is 0 Å². The van der Waals surface area contributed by atoms with Gasteiger partial charge >= 0.3 is 0 Å². The van der Waals surface area contributed by atoms with Crippen LogP contribution in [0.5, 0.6) is 0 Å². The Morgan fingerprint density at radius 1 is 1.12 bits per heavy atom. The Morgan fingerprint density at radius 3 is 2.25 bits per heavy atom. The van der Waals surface area contributed by atoms with Gasteiger partial charge in [-0.2, -0.15) is 0 Å². The van der Waals surface area contributed by atoms with Gasteiger partial charge in [0, 0.05) is 19.3 Å². The zero-order valence-electron chi connectivity index (χ0n) is 10.5. The molecule has 0 saturated carbocycles. The van der Waals surface area contributed by atoms with Crippen molar-refractivity contribution in [1.82, 2.24) is 4.98 Å². The van der Waals surface area contributed by atoms with Crippen molar-refractivity contribution in [3.05, 3.63) is 24.4 Å². The molecule has 0 atom stereocenters. The molecular formula is C13H20N2O. The van der Waals surface area contributed by atoms with Crippen LogP contribution in [0.1, 0.15) is 27.7 Å². The van der Waals surface area contributed by atoms with Crippen LogP contribution in [0.2, 0.25) is 0 Å². The summed E-state index contributed by atoms with van der Waals surface area (Å²) in [6.45, 7) is 10.3. The van der Waals surface area contributed by atoms with Gasteiger partial charge in [-0.25, -0.2) is 4.98 Å². The SMILES string of the molecule is CC1(C)CN(c2ccccn2)CC(C)(C)O1. The third-order valence-electron chi connectivity index (χ3n) is 2.67.